The second-order valence-corrected chi connectivity index (χ2v) is 3.35. The topological polar surface area (TPSA) is 74.7 Å². The lowest BCUT2D eigenvalue weighted by Crippen LogP contribution is -2.29. The number of carboxylic acids is 1. The summed E-state index contributed by atoms with van der Waals surface area (Å²) in [5.41, 5.74) is -0.421. The number of anilines is 1. The van der Waals surface area contributed by atoms with Gasteiger partial charge in [-0.25, -0.2) is 14.1 Å². The van der Waals surface area contributed by atoms with Crippen molar-refractivity contribution in [3.05, 3.63) is 41.7 Å². The highest BCUT2D eigenvalue weighted by Gasteiger charge is 2.26. The summed E-state index contributed by atoms with van der Waals surface area (Å²) < 4.78 is 13.2. The molecule has 0 saturated carbocycles. The highest BCUT2D eigenvalue weighted by atomic mass is 19.1. The third-order valence-corrected chi connectivity index (χ3v) is 2.20. The Hall–Kier alpha value is -2.50. The highest BCUT2D eigenvalue weighted by Crippen LogP contribution is 2.22. The van der Waals surface area contributed by atoms with Crippen molar-refractivity contribution >= 4 is 23.5 Å². The van der Waals surface area contributed by atoms with Gasteiger partial charge in [-0.3, -0.25) is 9.59 Å². The number of halogens is 1. The Balaban J connectivity index is 2.49. The first-order valence-corrected chi connectivity index (χ1v) is 4.59. The fraction of sp³-hybridized carbons (Fsp3) is 0. The maximum Gasteiger partial charge on any atom is 0.335 e. The van der Waals surface area contributed by atoms with Gasteiger partial charge in [0.15, 0.2) is 0 Å². The van der Waals surface area contributed by atoms with E-state index in [1.807, 2.05) is 0 Å². The predicted octanol–water partition coefficient (Wildman–Crippen LogP) is 0.953. The Morgan fingerprint density at radius 1 is 1.12 bits per heavy atom. The summed E-state index contributed by atoms with van der Waals surface area (Å²) in [6, 6.07) is 2.80. The van der Waals surface area contributed by atoms with E-state index in [0.29, 0.717) is 4.90 Å². The van der Waals surface area contributed by atoms with Crippen molar-refractivity contribution in [3.8, 4) is 0 Å². The summed E-state index contributed by atoms with van der Waals surface area (Å²) in [7, 11) is 0. The predicted molar refractivity (Wildman–Crippen MR) is 55.0 cm³/mol. The molecule has 1 aliphatic heterocycles. The summed E-state index contributed by atoms with van der Waals surface area (Å²) in [5, 5.41) is 8.74. The molecule has 0 atom stereocenters. The fourth-order valence-corrected chi connectivity index (χ4v) is 1.48. The molecule has 0 aliphatic carbocycles. The van der Waals surface area contributed by atoms with Gasteiger partial charge in [0.1, 0.15) is 5.82 Å². The van der Waals surface area contributed by atoms with Gasteiger partial charge in [-0.2, -0.15) is 0 Å². The molecule has 0 saturated heterocycles. The van der Waals surface area contributed by atoms with Crippen LogP contribution in [0.25, 0.3) is 0 Å². The smallest absolute Gasteiger partial charge is 0.335 e. The van der Waals surface area contributed by atoms with Crippen LogP contribution in [0.15, 0.2) is 30.4 Å². The molecule has 5 nitrogen and oxygen atoms in total. The van der Waals surface area contributed by atoms with Crippen LogP contribution >= 0.6 is 0 Å². The Kier molecular flexibility index (Phi) is 2.47. The van der Waals surface area contributed by atoms with Gasteiger partial charge in [0, 0.05) is 12.2 Å². The van der Waals surface area contributed by atoms with E-state index in [4.69, 9.17) is 5.11 Å². The normalized spacial score (nSPS) is 14.5. The number of benzene rings is 1. The second kappa shape index (κ2) is 3.82. The lowest BCUT2D eigenvalue weighted by molar-refractivity contribution is -0.119. The molecule has 1 aliphatic rings. The molecule has 0 unspecified atom stereocenters. The molecule has 1 aromatic carbocycles. The first kappa shape index (κ1) is 11.0. The lowest BCUT2D eigenvalue weighted by atomic mass is 10.2. The van der Waals surface area contributed by atoms with Gasteiger partial charge < -0.3 is 5.11 Å². The zero-order valence-electron chi connectivity index (χ0n) is 8.38. The number of imide groups is 1. The SMILES string of the molecule is O=C(O)c1cc(F)cc(N2C(=O)C=CC2=O)c1. The van der Waals surface area contributed by atoms with Crippen molar-refractivity contribution < 1.29 is 23.9 Å². The minimum Gasteiger partial charge on any atom is -0.478 e. The van der Waals surface area contributed by atoms with E-state index in [0.717, 1.165) is 30.4 Å². The summed E-state index contributed by atoms with van der Waals surface area (Å²) >= 11 is 0. The third-order valence-electron chi connectivity index (χ3n) is 2.20. The van der Waals surface area contributed by atoms with Crippen molar-refractivity contribution in [1.82, 2.24) is 0 Å². The zero-order chi connectivity index (χ0) is 12.6. The second-order valence-electron chi connectivity index (χ2n) is 3.35. The molecule has 1 N–H and O–H groups in total. The molecule has 0 bridgehead atoms. The van der Waals surface area contributed by atoms with Gasteiger partial charge in [-0.05, 0) is 18.2 Å². The summed E-state index contributed by atoms with van der Waals surface area (Å²) in [6.07, 6.45) is 2.07. The van der Waals surface area contributed by atoms with Crippen LogP contribution in [-0.2, 0) is 9.59 Å². The molecule has 17 heavy (non-hydrogen) atoms. The molecule has 1 heterocycles. The first-order chi connectivity index (χ1) is 7.99. The van der Waals surface area contributed by atoms with Gasteiger partial charge >= 0.3 is 5.97 Å². The van der Waals surface area contributed by atoms with Crippen molar-refractivity contribution in [3.63, 3.8) is 0 Å². The Morgan fingerprint density at radius 2 is 1.71 bits per heavy atom. The number of rotatable bonds is 2. The monoisotopic (exact) mass is 235 g/mol. The maximum absolute atomic E-state index is 13.2. The number of hydrogen-bond acceptors (Lipinski definition) is 3. The summed E-state index contributed by atoms with van der Waals surface area (Å²) in [6.45, 7) is 0. The molecule has 2 amide bonds. The summed E-state index contributed by atoms with van der Waals surface area (Å²) in [4.78, 5) is 34.1. The quantitative estimate of drug-likeness (QED) is 0.774. The van der Waals surface area contributed by atoms with Crippen molar-refractivity contribution in [2.75, 3.05) is 4.90 Å². The summed E-state index contributed by atoms with van der Waals surface area (Å²) in [5.74, 6) is -3.42. The number of nitrogens with zero attached hydrogens (tertiary/aromatic N) is 1. The van der Waals surface area contributed by atoms with Gasteiger partial charge in [0.25, 0.3) is 11.8 Å². The molecule has 6 heteroatoms. The largest absolute Gasteiger partial charge is 0.478 e. The molecule has 0 aromatic heterocycles. The highest BCUT2D eigenvalue weighted by molar-refractivity contribution is 6.28. The van der Waals surface area contributed by atoms with Gasteiger partial charge in [-0.15, -0.1) is 0 Å². The minimum atomic E-state index is -1.34. The first-order valence-electron chi connectivity index (χ1n) is 4.59. The molecule has 0 radical (unpaired) electrons. The Labute approximate surface area is 94.8 Å². The number of carbonyl (C=O) groups is 3. The molecule has 0 spiro atoms. The molecule has 0 fully saturated rings. The van der Waals surface area contributed by atoms with E-state index in [-0.39, 0.29) is 11.3 Å². The maximum atomic E-state index is 13.2. The van der Waals surface area contributed by atoms with E-state index >= 15 is 0 Å². The number of amides is 2. The Bertz CT molecular complexity index is 547. The average molecular weight is 235 g/mol. The van der Waals surface area contributed by atoms with E-state index < -0.39 is 23.6 Å². The van der Waals surface area contributed by atoms with Crippen LogP contribution < -0.4 is 4.90 Å². The standard InChI is InChI=1S/C11H6FNO4/c12-7-3-6(11(16)17)4-8(5-7)13-9(14)1-2-10(13)15/h1-5H,(H,16,17). The van der Waals surface area contributed by atoms with Crippen LogP contribution in [-0.4, -0.2) is 22.9 Å². The van der Waals surface area contributed by atoms with Crippen LogP contribution in [0.4, 0.5) is 10.1 Å². The van der Waals surface area contributed by atoms with Crippen LogP contribution in [0.1, 0.15) is 10.4 Å². The van der Waals surface area contributed by atoms with Gasteiger partial charge in [-0.1, -0.05) is 0 Å². The van der Waals surface area contributed by atoms with Crippen LogP contribution in [0.3, 0.4) is 0 Å². The van der Waals surface area contributed by atoms with E-state index in [1.54, 1.807) is 0 Å². The number of carboxylic acid groups (broad SMARTS) is 1. The van der Waals surface area contributed by atoms with E-state index in [2.05, 4.69) is 0 Å². The van der Waals surface area contributed by atoms with Gasteiger partial charge in [0.05, 0.1) is 11.3 Å². The third kappa shape index (κ3) is 1.92. The van der Waals surface area contributed by atoms with E-state index in [1.165, 1.54) is 0 Å². The zero-order valence-corrected chi connectivity index (χ0v) is 8.38. The fourth-order valence-electron chi connectivity index (χ4n) is 1.48. The molecule has 86 valence electrons. The number of carbonyl (C=O) groups excluding carboxylic acids is 2. The lowest BCUT2D eigenvalue weighted by Gasteiger charge is -2.14. The van der Waals surface area contributed by atoms with Crippen LogP contribution in [0, 0.1) is 5.82 Å². The molecular weight excluding hydrogens is 229 g/mol. The van der Waals surface area contributed by atoms with Crippen molar-refractivity contribution in [2.45, 2.75) is 0 Å². The van der Waals surface area contributed by atoms with Crippen LogP contribution in [0.5, 0.6) is 0 Å². The number of hydrogen-bond donors (Lipinski definition) is 1. The Morgan fingerprint density at radius 3 is 2.24 bits per heavy atom. The average Bonchev–Trinajstić information content (AvgIpc) is 2.57. The van der Waals surface area contributed by atoms with Crippen molar-refractivity contribution in [1.29, 1.82) is 0 Å². The van der Waals surface area contributed by atoms with Gasteiger partial charge in [0.2, 0.25) is 0 Å². The molecular formula is C11H6FNO4. The molecule has 2 rings (SSSR count). The number of aromatic carboxylic acids is 1. The molecule has 1 aromatic rings. The van der Waals surface area contributed by atoms with E-state index in [9.17, 15) is 18.8 Å². The van der Waals surface area contributed by atoms with Crippen molar-refractivity contribution in [2.24, 2.45) is 0 Å². The minimum absolute atomic E-state index is 0.0950. The van der Waals surface area contributed by atoms with Crippen LogP contribution in [0.2, 0.25) is 0 Å².